The van der Waals surface area contributed by atoms with Crippen molar-refractivity contribution in [3.63, 3.8) is 0 Å². The maximum absolute atomic E-state index is 12.5. The average molecular weight is 258 g/mol. The Hall–Kier alpha value is -1.84. The number of carbonyl (C=O) groups is 2. The quantitative estimate of drug-likeness (QED) is 0.836. The molecule has 19 heavy (non-hydrogen) atoms. The number of benzene rings is 1. The molecule has 4 nitrogen and oxygen atoms in total. The highest BCUT2D eigenvalue weighted by molar-refractivity contribution is 6.13. The highest BCUT2D eigenvalue weighted by atomic mass is 16.2. The number of hydrogen-bond acceptors (Lipinski definition) is 2. The van der Waals surface area contributed by atoms with Crippen molar-refractivity contribution in [1.82, 2.24) is 5.32 Å². The monoisotopic (exact) mass is 258 g/mol. The second-order valence-electron chi connectivity index (χ2n) is 5.53. The van der Waals surface area contributed by atoms with E-state index < -0.39 is 5.41 Å². The fourth-order valence-electron chi connectivity index (χ4n) is 2.30. The molecule has 0 aliphatic heterocycles. The first-order chi connectivity index (χ1) is 9.13. The summed E-state index contributed by atoms with van der Waals surface area (Å²) in [6, 6.07) is 9.76. The van der Waals surface area contributed by atoms with Crippen molar-refractivity contribution in [2.45, 2.75) is 31.7 Å². The molecule has 1 aromatic rings. The Bertz CT molecular complexity index is 504. The van der Waals surface area contributed by atoms with Crippen LogP contribution in [-0.2, 0) is 9.59 Å². The standard InChI is InChI=1S/C15H18N2O2/c1-17(12-5-3-2-4-6-12)14(19)15(9-10-15)13(18)16-11-7-8-11/h2-6,11H,7-10H2,1H3,(H,16,18). The Balaban J connectivity index is 1.74. The molecule has 0 radical (unpaired) electrons. The van der Waals surface area contributed by atoms with Gasteiger partial charge in [0.25, 0.3) is 0 Å². The number of nitrogens with zero attached hydrogens (tertiary/aromatic N) is 1. The molecular formula is C15H18N2O2. The lowest BCUT2D eigenvalue weighted by Gasteiger charge is -2.23. The van der Waals surface area contributed by atoms with Crippen LogP contribution in [0.2, 0.25) is 0 Å². The zero-order valence-corrected chi connectivity index (χ0v) is 11.1. The number of hydrogen-bond donors (Lipinski definition) is 1. The van der Waals surface area contributed by atoms with Crippen LogP contribution in [-0.4, -0.2) is 24.9 Å². The van der Waals surface area contributed by atoms with Crippen molar-refractivity contribution in [3.8, 4) is 0 Å². The van der Waals surface area contributed by atoms with Gasteiger partial charge in [-0.05, 0) is 37.8 Å². The van der Waals surface area contributed by atoms with Crippen molar-refractivity contribution in [2.24, 2.45) is 5.41 Å². The second kappa shape index (κ2) is 4.37. The van der Waals surface area contributed by atoms with Crippen LogP contribution >= 0.6 is 0 Å². The summed E-state index contributed by atoms with van der Waals surface area (Å²) in [5.41, 5.74) is 0.0330. The number of nitrogens with one attached hydrogen (secondary N) is 1. The summed E-state index contributed by atoms with van der Waals surface area (Å²) < 4.78 is 0. The number of amides is 2. The lowest BCUT2D eigenvalue weighted by molar-refractivity contribution is -0.135. The predicted molar refractivity (Wildman–Crippen MR) is 72.7 cm³/mol. The summed E-state index contributed by atoms with van der Waals surface area (Å²) in [6.07, 6.45) is 3.43. The molecule has 0 aromatic heterocycles. The maximum Gasteiger partial charge on any atom is 0.242 e. The number of anilines is 1. The molecule has 3 rings (SSSR count). The Morgan fingerprint density at radius 3 is 2.37 bits per heavy atom. The van der Waals surface area contributed by atoms with E-state index in [2.05, 4.69) is 5.32 Å². The second-order valence-corrected chi connectivity index (χ2v) is 5.53. The summed E-state index contributed by atoms with van der Waals surface area (Å²) in [4.78, 5) is 26.3. The minimum absolute atomic E-state index is 0.0808. The Morgan fingerprint density at radius 2 is 1.84 bits per heavy atom. The minimum Gasteiger partial charge on any atom is -0.352 e. The SMILES string of the molecule is CN(C(=O)C1(C(=O)NC2CC2)CC1)c1ccccc1. The van der Waals surface area contributed by atoms with Gasteiger partial charge in [-0.1, -0.05) is 18.2 Å². The molecule has 0 saturated heterocycles. The van der Waals surface area contributed by atoms with Crippen LogP contribution in [0.1, 0.15) is 25.7 Å². The van der Waals surface area contributed by atoms with Crippen LogP contribution in [0, 0.1) is 5.41 Å². The summed E-state index contributed by atoms with van der Waals surface area (Å²) in [6.45, 7) is 0. The lowest BCUT2D eigenvalue weighted by Crippen LogP contribution is -2.44. The molecule has 2 saturated carbocycles. The van der Waals surface area contributed by atoms with Gasteiger partial charge in [0.1, 0.15) is 5.41 Å². The normalized spacial score (nSPS) is 19.6. The third-order valence-corrected chi connectivity index (χ3v) is 3.95. The first-order valence-corrected chi connectivity index (χ1v) is 6.78. The Kier molecular flexibility index (Phi) is 2.81. The molecule has 100 valence electrons. The first kappa shape index (κ1) is 12.2. The molecular weight excluding hydrogens is 240 g/mol. The van der Waals surface area contributed by atoms with Gasteiger partial charge in [-0.25, -0.2) is 0 Å². The smallest absolute Gasteiger partial charge is 0.242 e. The van der Waals surface area contributed by atoms with Gasteiger partial charge in [-0.2, -0.15) is 0 Å². The first-order valence-electron chi connectivity index (χ1n) is 6.78. The van der Waals surface area contributed by atoms with Crippen molar-refractivity contribution >= 4 is 17.5 Å². The number of rotatable bonds is 4. The molecule has 0 heterocycles. The molecule has 1 N–H and O–H groups in total. The molecule has 1 aromatic carbocycles. The van der Waals surface area contributed by atoms with Crippen LogP contribution in [0.3, 0.4) is 0 Å². The fraction of sp³-hybridized carbons (Fsp3) is 0.467. The topological polar surface area (TPSA) is 49.4 Å². The molecule has 0 spiro atoms. The summed E-state index contributed by atoms with van der Waals surface area (Å²) >= 11 is 0. The van der Waals surface area contributed by atoms with Gasteiger partial charge in [-0.3, -0.25) is 9.59 Å². The van der Waals surface area contributed by atoms with Gasteiger partial charge in [0.15, 0.2) is 0 Å². The van der Waals surface area contributed by atoms with Gasteiger partial charge in [0.2, 0.25) is 11.8 Å². The molecule has 2 amide bonds. The van der Waals surface area contributed by atoms with Gasteiger partial charge in [0.05, 0.1) is 0 Å². The van der Waals surface area contributed by atoms with Gasteiger partial charge < -0.3 is 10.2 Å². The summed E-state index contributed by atoms with van der Waals surface area (Å²) in [5, 5.41) is 2.96. The largest absolute Gasteiger partial charge is 0.352 e. The van der Waals surface area contributed by atoms with Gasteiger partial charge in [0, 0.05) is 18.8 Å². The van der Waals surface area contributed by atoms with E-state index in [1.165, 1.54) is 0 Å². The molecule has 0 unspecified atom stereocenters. The highest BCUT2D eigenvalue weighted by Crippen LogP contribution is 2.48. The van der Waals surface area contributed by atoms with E-state index >= 15 is 0 Å². The summed E-state index contributed by atoms with van der Waals surface area (Å²) in [7, 11) is 1.74. The van der Waals surface area contributed by atoms with Crippen molar-refractivity contribution < 1.29 is 9.59 Å². The minimum atomic E-state index is -0.798. The zero-order chi connectivity index (χ0) is 13.5. The van der Waals surface area contributed by atoms with Crippen LogP contribution in [0.5, 0.6) is 0 Å². The van der Waals surface area contributed by atoms with Crippen LogP contribution in [0.25, 0.3) is 0 Å². The van der Waals surface area contributed by atoms with Crippen molar-refractivity contribution in [3.05, 3.63) is 30.3 Å². The Morgan fingerprint density at radius 1 is 1.21 bits per heavy atom. The van der Waals surface area contributed by atoms with E-state index in [4.69, 9.17) is 0 Å². The van der Waals surface area contributed by atoms with Crippen molar-refractivity contribution in [1.29, 1.82) is 0 Å². The van der Waals surface area contributed by atoms with Crippen LogP contribution in [0.4, 0.5) is 5.69 Å². The Labute approximate surface area is 112 Å². The van der Waals surface area contributed by atoms with E-state index in [9.17, 15) is 9.59 Å². The predicted octanol–water partition coefficient (Wildman–Crippen LogP) is 1.71. The van der Waals surface area contributed by atoms with E-state index in [0.29, 0.717) is 18.9 Å². The molecule has 2 fully saturated rings. The molecule has 0 bridgehead atoms. The number of para-hydroxylation sites is 1. The van der Waals surface area contributed by atoms with E-state index in [-0.39, 0.29) is 11.8 Å². The molecule has 2 aliphatic rings. The van der Waals surface area contributed by atoms with E-state index in [1.54, 1.807) is 11.9 Å². The molecule has 0 atom stereocenters. The lowest BCUT2D eigenvalue weighted by atomic mass is 10.0. The molecule has 2 aliphatic carbocycles. The highest BCUT2D eigenvalue weighted by Gasteiger charge is 2.58. The van der Waals surface area contributed by atoms with E-state index in [0.717, 1.165) is 18.5 Å². The van der Waals surface area contributed by atoms with Crippen LogP contribution < -0.4 is 10.2 Å². The van der Waals surface area contributed by atoms with E-state index in [1.807, 2.05) is 30.3 Å². The van der Waals surface area contributed by atoms with Crippen molar-refractivity contribution in [2.75, 3.05) is 11.9 Å². The number of carbonyl (C=O) groups excluding carboxylic acids is 2. The van der Waals surface area contributed by atoms with Gasteiger partial charge >= 0.3 is 0 Å². The summed E-state index contributed by atoms with van der Waals surface area (Å²) in [5.74, 6) is -0.167. The maximum atomic E-state index is 12.5. The fourth-order valence-corrected chi connectivity index (χ4v) is 2.30. The average Bonchev–Trinajstić information content (AvgIpc) is 3.31. The van der Waals surface area contributed by atoms with Crippen LogP contribution in [0.15, 0.2) is 30.3 Å². The zero-order valence-electron chi connectivity index (χ0n) is 11.1. The third kappa shape index (κ3) is 2.23. The van der Waals surface area contributed by atoms with Gasteiger partial charge in [-0.15, -0.1) is 0 Å². The third-order valence-electron chi connectivity index (χ3n) is 3.95. The molecule has 4 heteroatoms.